The van der Waals surface area contributed by atoms with Gasteiger partial charge in [0.1, 0.15) is 22.3 Å². The van der Waals surface area contributed by atoms with Crippen molar-refractivity contribution in [2.45, 2.75) is 10.8 Å². The first-order chi connectivity index (χ1) is 7.89. The van der Waals surface area contributed by atoms with Crippen LogP contribution in [0.3, 0.4) is 0 Å². The van der Waals surface area contributed by atoms with E-state index in [-0.39, 0.29) is 6.42 Å². The van der Waals surface area contributed by atoms with Crippen molar-refractivity contribution in [2.24, 2.45) is 17.3 Å². The van der Waals surface area contributed by atoms with Crippen LogP contribution in [0.5, 0.6) is 0 Å². The monoisotopic (exact) mass is 282 g/mol. The van der Waals surface area contributed by atoms with E-state index in [1.54, 1.807) is 0 Å². The Kier molecular flexibility index (Phi) is 3.09. The number of aliphatic hydroxyl groups excluding tert-OH is 1. The molecule has 94 valence electrons. The van der Waals surface area contributed by atoms with Gasteiger partial charge in [-0.2, -0.15) is 0 Å². The molecule has 0 heterocycles. The Hall–Kier alpha value is -0.450. The van der Waals surface area contributed by atoms with Gasteiger partial charge in [-0.1, -0.05) is 0 Å². The summed E-state index contributed by atoms with van der Waals surface area (Å²) in [5.41, 5.74) is -1.32. The van der Waals surface area contributed by atoms with Crippen molar-refractivity contribution >= 4 is 29.5 Å². The second-order valence-corrected chi connectivity index (χ2v) is 5.81. The minimum atomic E-state index is -1.47. The van der Waals surface area contributed by atoms with E-state index < -0.39 is 39.8 Å². The lowest BCUT2D eigenvalue weighted by Gasteiger charge is -2.16. The van der Waals surface area contributed by atoms with Gasteiger partial charge in [0.2, 0.25) is 0 Å². The van der Waals surface area contributed by atoms with Crippen LogP contribution in [0, 0.1) is 17.3 Å². The van der Waals surface area contributed by atoms with E-state index in [9.17, 15) is 18.7 Å². The standard InChI is InChI=1S/C11H10Cl2F2O2/c12-11(13)9(10(11,4-16)5-17)6-1-7(14)3-8(15)2-6/h1,3-4,6,9,17H,2,5H2. The van der Waals surface area contributed by atoms with E-state index in [0.717, 1.165) is 6.08 Å². The molecular formula is C11H10Cl2F2O2. The van der Waals surface area contributed by atoms with Gasteiger partial charge in [0.05, 0.1) is 12.0 Å². The molecular weight excluding hydrogens is 273 g/mol. The Morgan fingerprint density at radius 1 is 1.53 bits per heavy atom. The maximum atomic E-state index is 13.1. The second-order valence-electron chi connectivity index (χ2n) is 4.43. The first-order valence-electron chi connectivity index (χ1n) is 5.07. The van der Waals surface area contributed by atoms with Crippen LogP contribution in [0.25, 0.3) is 0 Å². The smallest absolute Gasteiger partial charge is 0.137 e. The van der Waals surface area contributed by atoms with Gasteiger partial charge in [-0.05, 0) is 12.0 Å². The highest BCUT2D eigenvalue weighted by Gasteiger charge is 2.77. The van der Waals surface area contributed by atoms with Gasteiger partial charge in [-0.25, -0.2) is 8.78 Å². The van der Waals surface area contributed by atoms with Gasteiger partial charge in [-0.3, -0.25) is 0 Å². The molecule has 3 atom stereocenters. The highest BCUT2D eigenvalue weighted by molar-refractivity contribution is 6.53. The molecule has 0 aromatic rings. The molecule has 0 saturated heterocycles. The molecule has 3 unspecified atom stereocenters. The maximum Gasteiger partial charge on any atom is 0.137 e. The van der Waals surface area contributed by atoms with Crippen LogP contribution in [0.1, 0.15) is 6.42 Å². The van der Waals surface area contributed by atoms with E-state index >= 15 is 0 Å². The summed E-state index contributed by atoms with van der Waals surface area (Å²) in [6.45, 7) is -0.536. The molecule has 2 rings (SSSR count). The lowest BCUT2D eigenvalue weighted by atomic mass is 9.90. The van der Waals surface area contributed by atoms with Crippen LogP contribution in [0.4, 0.5) is 8.78 Å². The van der Waals surface area contributed by atoms with Crippen LogP contribution in [0.2, 0.25) is 0 Å². The second kappa shape index (κ2) is 4.04. The molecule has 6 heteroatoms. The third-order valence-corrected chi connectivity index (χ3v) is 4.66. The SMILES string of the molecule is O=CC1(CO)C(C2C=C(F)C=C(F)C2)C1(Cl)Cl. The summed E-state index contributed by atoms with van der Waals surface area (Å²) in [5.74, 6) is -2.63. The minimum Gasteiger partial charge on any atom is -0.395 e. The molecule has 0 spiro atoms. The van der Waals surface area contributed by atoms with Crippen molar-refractivity contribution in [1.82, 2.24) is 0 Å². The zero-order valence-electron chi connectivity index (χ0n) is 8.67. The van der Waals surface area contributed by atoms with Crippen LogP contribution >= 0.6 is 23.2 Å². The molecule has 0 bridgehead atoms. The highest BCUT2D eigenvalue weighted by atomic mass is 35.5. The molecule has 0 amide bonds. The van der Waals surface area contributed by atoms with Crippen LogP contribution in [-0.2, 0) is 4.79 Å². The molecule has 17 heavy (non-hydrogen) atoms. The van der Waals surface area contributed by atoms with Gasteiger partial charge >= 0.3 is 0 Å². The molecule has 1 N–H and O–H groups in total. The topological polar surface area (TPSA) is 37.3 Å². The molecule has 2 nitrogen and oxygen atoms in total. The van der Waals surface area contributed by atoms with E-state index in [0.29, 0.717) is 6.29 Å². The van der Waals surface area contributed by atoms with Gasteiger partial charge in [-0.15, -0.1) is 23.2 Å². The number of halogens is 4. The van der Waals surface area contributed by atoms with E-state index in [1.807, 2.05) is 0 Å². The number of aliphatic hydroxyl groups is 1. The van der Waals surface area contributed by atoms with Crippen LogP contribution < -0.4 is 0 Å². The average molecular weight is 283 g/mol. The molecule has 2 aliphatic rings. The summed E-state index contributed by atoms with van der Waals surface area (Å²) in [6.07, 6.45) is 2.38. The molecule has 1 fully saturated rings. The van der Waals surface area contributed by atoms with Crippen molar-refractivity contribution in [3.63, 3.8) is 0 Å². The van der Waals surface area contributed by atoms with Crippen molar-refractivity contribution in [3.05, 3.63) is 23.8 Å². The zero-order chi connectivity index (χ0) is 12.8. The Bertz CT molecular complexity index is 420. The summed E-state index contributed by atoms with van der Waals surface area (Å²) in [7, 11) is 0. The molecule has 1 saturated carbocycles. The molecule has 2 aliphatic carbocycles. The number of hydrogen-bond donors (Lipinski definition) is 1. The van der Waals surface area contributed by atoms with Crippen molar-refractivity contribution in [1.29, 1.82) is 0 Å². The summed E-state index contributed by atoms with van der Waals surface area (Å²) in [4.78, 5) is 11.0. The van der Waals surface area contributed by atoms with Gasteiger partial charge in [0, 0.05) is 18.4 Å². The third kappa shape index (κ3) is 1.74. The lowest BCUT2D eigenvalue weighted by Crippen LogP contribution is -2.18. The van der Waals surface area contributed by atoms with E-state index in [4.69, 9.17) is 23.2 Å². The summed E-state index contributed by atoms with van der Waals surface area (Å²) in [5, 5.41) is 9.20. The minimum absolute atomic E-state index is 0.0606. The Morgan fingerprint density at radius 3 is 2.59 bits per heavy atom. The van der Waals surface area contributed by atoms with Crippen molar-refractivity contribution in [3.8, 4) is 0 Å². The van der Waals surface area contributed by atoms with Crippen LogP contribution in [-0.4, -0.2) is 22.3 Å². The van der Waals surface area contributed by atoms with Gasteiger partial charge in [0.25, 0.3) is 0 Å². The molecule has 0 radical (unpaired) electrons. The Morgan fingerprint density at radius 2 is 2.18 bits per heavy atom. The third-order valence-electron chi connectivity index (χ3n) is 3.48. The normalized spacial score (nSPS) is 39.4. The maximum absolute atomic E-state index is 13.1. The number of carbonyl (C=O) groups excluding carboxylic acids is 1. The van der Waals surface area contributed by atoms with Gasteiger partial charge < -0.3 is 9.90 Å². The Labute approximate surface area is 107 Å². The number of rotatable bonds is 3. The molecule has 0 aromatic heterocycles. The highest BCUT2D eigenvalue weighted by Crippen LogP contribution is 2.71. The predicted octanol–water partition coefficient (Wildman–Crippen LogP) is 2.69. The summed E-state index contributed by atoms with van der Waals surface area (Å²) < 4.78 is 24.7. The van der Waals surface area contributed by atoms with Crippen LogP contribution in [0.15, 0.2) is 23.8 Å². The molecule has 0 aliphatic heterocycles. The lowest BCUT2D eigenvalue weighted by molar-refractivity contribution is -0.114. The summed E-state index contributed by atoms with van der Waals surface area (Å²) in [6, 6.07) is 0. The first kappa shape index (κ1) is 13.0. The quantitative estimate of drug-likeness (QED) is 0.638. The van der Waals surface area contributed by atoms with Crippen molar-refractivity contribution < 1.29 is 18.7 Å². The largest absolute Gasteiger partial charge is 0.395 e. The average Bonchev–Trinajstić information content (AvgIpc) is 2.73. The number of allylic oxidation sites excluding steroid dienone is 4. The fraction of sp³-hybridized carbons (Fsp3) is 0.545. The van der Waals surface area contributed by atoms with E-state index in [1.165, 1.54) is 6.08 Å². The number of aldehydes is 1. The Balaban J connectivity index is 2.27. The van der Waals surface area contributed by atoms with E-state index in [2.05, 4.69) is 0 Å². The number of carbonyl (C=O) groups is 1. The van der Waals surface area contributed by atoms with Crippen molar-refractivity contribution in [2.75, 3.05) is 6.61 Å². The fourth-order valence-electron chi connectivity index (χ4n) is 2.51. The molecule has 0 aromatic carbocycles. The predicted molar refractivity (Wildman–Crippen MR) is 60.0 cm³/mol. The zero-order valence-corrected chi connectivity index (χ0v) is 10.2. The fourth-order valence-corrected chi connectivity index (χ4v) is 3.56. The van der Waals surface area contributed by atoms with Gasteiger partial charge in [0.15, 0.2) is 0 Å². The number of alkyl halides is 2. The summed E-state index contributed by atoms with van der Waals surface area (Å²) >= 11 is 11.9. The number of hydrogen-bond acceptors (Lipinski definition) is 2. The first-order valence-corrected chi connectivity index (χ1v) is 5.83.